The van der Waals surface area contributed by atoms with Crippen molar-refractivity contribution in [3.05, 3.63) is 59.7 Å². The number of nitrogens with one attached hydrogen (secondary N) is 1. The van der Waals surface area contributed by atoms with E-state index in [1.54, 1.807) is 36.4 Å². The molecule has 0 saturated heterocycles. The van der Waals surface area contributed by atoms with Gasteiger partial charge in [-0.05, 0) is 80.8 Å². The number of ether oxygens (including phenoxy) is 1. The van der Waals surface area contributed by atoms with Gasteiger partial charge in [0.15, 0.2) is 0 Å². The number of hydrogen-bond acceptors (Lipinski definition) is 8. The zero-order valence-electron chi connectivity index (χ0n) is 23.4. The summed E-state index contributed by atoms with van der Waals surface area (Å²) in [5.41, 5.74) is 17.6. The number of aliphatic carboxylic acids is 1. The summed E-state index contributed by atoms with van der Waals surface area (Å²) in [6, 6.07) is 12.7. The molecular formula is C29H44N4O7. The highest BCUT2D eigenvalue weighted by atomic mass is 16.5. The molecule has 1 aliphatic rings. The summed E-state index contributed by atoms with van der Waals surface area (Å²) in [7, 11) is 1.54. The SMILES string of the molecule is CC(=O)Nc1ccc(C=O)cc1.COc1ccc(C(=O)O)cc1.NC1CCCCC1.NCCCCC(N)C(=O)O. The molecule has 0 aromatic heterocycles. The van der Waals surface area contributed by atoms with Gasteiger partial charge in [0.2, 0.25) is 5.91 Å². The lowest BCUT2D eigenvalue weighted by Gasteiger charge is -2.15. The van der Waals surface area contributed by atoms with Gasteiger partial charge in [-0.15, -0.1) is 0 Å². The molecule has 40 heavy (non-hydrogen) atoms. The van der Waals surface area contributed by atoms with Crippen LogP contribution in [-0.4, -0.2) is 60.1 Å². The van der Waals surface area contributed by atoms with Crippen molar-refractivity contribution in [3.63, 3.8) is 0 Å². The molecule has 1 unspecified atom stereocenters. The zero-order valence-corrected chi connectivity index (χ0v) is 23.4. The highest BCUT2D eigenvalue weighted by Crippen LogP contribution is 2.15. The molecule has 0 aliphatic heterocycles. The Kier molecular flexibility index (Phi) is 20.0. The van der Waals surface area contributed by atoms with Crippen molar-refractivity contribution < 1.29 is 34.1 Å². The normalized spacial score (nSPS) is 12.9. The largest absolute Gasteiger partial charge is 0.497 e. The molecule has 1 fully saturated rings. The van der Waals surface area contributed by atoms with Crippen LogP contribution in [-0.2, 0) is 9.59 Å². The van der Waals surface area contributed by atoms with Crippen molar-refractivity contribution in [3.8, 4) is 5.75 Å². The van der Waals surface area contributed by atoms with Gasteiger partial charge in [-0.3, -0.25) is 14.4 Å². The van der Waals surface area contributed by atoms with Crippen molar-refractivity contribution >= 4 is 29.8 Å². The number of hydrogen-bond donors (Lipinski definition) is 6. The Balaban J connectivity index is 0.000000515. The molecule has 1 amide bonds. The number of carboxylic acid groups (broad SMARTS) is 2. The molecule has 9 N–H and O–H groups in total. The maximum atomic E-state index is 10.6. The van der Waals surface area contributed by atoms with Gasteiger partial charge < -0.3 is 37.5 Å². The first-order valence-electron chi connectivity index (χ1n) is 13.2. The fourth-order valence-electron chi connectivity index (χ4n) is 3.35. The lowest BCUT2D eigenvalue weighted by Crippen LogP contribution is -2.29. The summed E-state index contributed by atoms with van der Waals surface area (Å²) in [5.74, 6) is -1.31. The molecule has 11 heteroatoms. The van der Waals surface area contributed by atoms with Crippen molar-refractivity contribution in [1.29, 1.82) is 0 Å². The average molecular weight is 561 g/mol. The first-order valence-corrected chi connectivity index (χ1v) is 13.2. The number of carbonyl (C=O) groups excluding carboxylic acids is 2. The molecular weight excluding hydrogens is 516 g/mol. The predicted molar refractivity (Wildman–Crippen MR) is 156 cm³/mol. The van der Waals surface area contributed by atoms with E-state index >= 15 is 0 Å². The summed E-state index contributed by atoms with van der Waals surface area (Å²) in [5, 5.41) is 19.4. The maximum absolute atomic E-state index is 10.6. The van der Waals surface area contributed by atoms with Crippen LogP contribution < -0.4 is 27.3 Å². The van der Waals surface area contributed by atoms with Crippen LogP contribution in [0.15, 0.2) is 48.5 Å². The zero-order chi connectivity index (χ0) is 30.3. The number of benzene rings is 2. The Hall–Kier alpha value is -3.80. The molecule has 3 rings (SSSR count). The van der Waals surface area contributed by atoms with Crippen LogP contribution in [0.2, 0.25) is 0 Å². The Bertz CT molecular complexity index is 992. The van der Waals surface area contributed by atoms with Crippen molar-refractivity contribution in [2.24, 2.45) is 17.2 Å². The summed E-state index contributed by atoms with van der Waals surface area (Å²) < 4.78 is 4.86. The number of amides is 1. The van der Waals surface area contributed by atoms with Crippen LogP contribution in [0, 0.1) is 0 Å². The van der Waals surface area contributed by atoms with E-state index in [4.69, 9.17) is 32.2 Å². The molecule has 0 radical (unpaired) electrons. The van der Waals surface area contributed by atoms with E-state index in [1.165, 1.54) is 58.3 Å². The number of carbonyl (C=O) groups is 4. The Labute approximate surface area is 236 Å². The van der Waals surface area contributed by atoms with E-state index in [0.717, 1.165) is 19.1 Å². The molecule has 0 spiro atoms. The van der Waals surface area contributed by atoms with Crippen molar-refractivity contribution in [2.45, 2.75) is 70.4 Å². The topological polar surface area (TPSA) is 208 Å². The number of unbranched alkanes of at least 4 members (excludes halogenated alkanes) is 1. The minimum atomic E-state index is -0.933. The fourth-order valence-corrected chi connectivity index (χ4v) is 3.35. The van der Waals surface area contributed by atoms with Crippen LogP contribution in [0.1, 0.15) is 79.0 Å². The van der Waals surface area contributed by atoms with Crippen LogP contribution in [0.25, 0.3) is 0 Å². The number of carboxylic acids is 2. The van der Waals surface area contributed by atoms with E-state index in [0.29, 0.717) is 36.0 Å². The van der Waals surface area contributed by atoms with Gasteiger partial charge >= 0.3 is 11.9 Å². The number of aromatic carboxylic acids is 1. The molecule has 1 aliphatic carbocycles. The van der Waals surface area contributed by atoms with E-state index in [2.05, 4.69) is 5.32 Å². The Morgan fingerprint density at radius 3 is 1.95 bits per heavy atom. The number of aldehydes is 1. The number of anilines is 1. The van der Waals surface area contributed by atoms with Gasteiger partial charge in [-0.2, -0.15) is 0 Å². The van der Waals surface area contributed by atoms with E-state index in [9.17, 15) is 19.2 Å². The molecule has 2 aromatic carbocycles. The highest BCUT2D eigenvalue weighted by molar-refractivity contribution is 5.89. The van der Waals surface area contributed by atoms with Crippen LogP contribution in [0.3, 0.4) is 0 Å². The quantitative estimate of drug-likeness (QED) is 0.194. The Morgan fingerprint density at radius 1 is 1.00 bits per heavy atom. The third kappa shape index (κ3) is 18.5. The first-order chi connectivity index (χ1) is 19.0. The second-order valence-electron chi connectivity index (χ2n) is 9.08. The minimum absolute atomic E-state index is 0.117. The monoisotopic (exact) mass is 560 g/mol. The molecule has 0 bridgehead atoms. The third-order valence-corrected chi connectivity index (χ3v) is 5.64. The van der Waals surface area contributed by atoms with Crippen LogP contribution >= 0.6 is 0 Å². The standard InChI is InChI=1S/C9H9NO2.C8H8O3.C6H14N2O2.C6H13N/c1-7(12)10-9-4-2-8(6-11)3-5-9;1-11-7-4-2-6(3-5-7)8(9)10;7-4-2-1-3-5(8)6(9)10;7-6-4-2-1-3-5-6/h2-6H,1H3,(H,10,12);2-5H,1H3,(H,9,10);5H,1-4,7-8H2,(H,9,10);6H,1-5,7H2. The lowest BCUT2D eigenvalue weighted by molar-refractivity contribution is -0.138. The molecule has 1 atom stereocenters. The Morgan fingerprint density at radius 2 is 1.57 bits per heavy atom. The molecule has 1 saturated carbocycles. The number of methoxy groups -OCH3 is 1. The van der Waals surface area contributed by atoms with Crippen molar-refractivity contribution in [2.75, 3.05) is 19.0 Å². The lowest BCUT2D eigenvalue weighted by atomic mass is 9.97. The summed E-state index contributed by atoms with van der Waals surface area (Å²) in [6.45, 7) is 2.04. The fraction of sp³-hybridized carbons (Fsp3) is 0.448. The van der Waals surface area contributed by atoms with E-state index in [-0.39, 0.29) is 11.5 Å². The molecule has 11 nitrogen and oxygen atoms in total. The maximum Gasteiger partial charge on any atom is 0.335 e. The summed E-state index contributed by atoms with van der Waals surface area (Å²) >= 11 is 0. The van der Waals surface area contributed by atoms with Gasteiger partial charge in [0.25, 0.3) is 0 Å². The number of nitrogens with two attached hydrogens (primary N) is 3. The first kappa shape index (κ1) is 36.2. The number of rotatable bonds is 9. The predicted octanol–water partition coefficient (Wildman–Crippen LogP) is 3.66. The molecule has 2 aromatic rings. The van der Waals surface area contributed by atoms with Crippen molar-refractivity contribution in [1.82, 2.24) is 0 Å². The van der Waals surface area contributed by atoms with Gasteiger partial charge in [0.1, 0.15) is 18.1 Å². The summed E-state index contributed by atoms with van der Waals surface area (Å²) in [6.07, 6.45) is 9.59. The average Bonchev–Trinajstić information content (AvgIpc) is 2.94. The smallest absolute Gasteiger partial charge is 0.335 e. The molecule has 0 heterocycles. The minimum Gasteiger partial charge on any atom is -0.497 e. The van der Waals surface area contributed by atoms with Crippen LogP contribution in [0.5, 0.6) is 5.75 Å². The molecule has 222 valence electrons. The second-order valence-corrected chi connectivity index (χ2v) is 9.08. The van der Waals surface area contributed by atoms with Gasteiger partial charge in [-0.25, -0.2) is 4.79 Å². The summed E-state index contributed by atoms with van der Waals surface area (Å²) in [4.78, 5) is 41.3. The van der Waals surface area contributed by atoms with Crippen LogP contribution in [0.4, 0.5) is 5.69 Å². The third-order valence-electron chi connectivity index (χ3n) is 5.64. The second kappa shape index (κ2) is 22.1. The van der Waals surface area contributed by atoms with E-state index < -0.39 is 18.0 Å². The van der Waals surface area contributed by atoms with E-state index in [1.807, 2.05) is 0 Å². The van der Waals surface area contributed by atoms with Gasteiger partial charge in [-0.1, -0.05) is 25.7 Å². The highest BCUT2D eigenvalue weighted by Gasteiger charge is 2.09. The van der Waals surface area contributed by atoms with Gasteiger partial charge in [0.05, 0.1) is 12.7 Å². The van der Waals surface area contributed by atoms with Gasteiger partial charge in [0, 0.05) is 24.2 Å².